The highest BCUT2D eigenvalue weighted by atomic mass is 16.6. The first kappa shape index (κ1) is 18.5. The van der Waals surface area contributed by atoms with Gasteiger partial charge in [-0.15, -0.1) is 0 Å². The molecule has 0 saturated carbocycles. The minimum Gasteiger partial charge on any atom is -0.506 e. The second kappa shape index (κ2) is 8.39. The average molecular weight is 369 g/mol. The van der Waals surface area contributed by atoms with Crippen molar-refractivity contribution >= 4 is 17.3 Å². The van der Waals surface area contributed by atoms with Crippen molar-refractivity contribution in [3.05, 3.63) is 64.2 Å². The lowest BCUT2D eigenvalue weighted by molar-refractivity contribution is -0.384. The Morgan fingerprint density at radius 3 is 2.59 bits per heavy atom. The number of phenolic OH excluding ortho intramolecular Hbond substituents is 1. The molecule has 0 unspecified atom stereocenters. The number of hydrogen-bond donors (Lipinski definition) is 2. The van der Waals surface area contributed by atoms with Crippen molar-refractivity contribution in [2.45, 2.75) is 6.54 Å². The summed E-state index contributed by atoms with van der Waals surface area (Å²) in [4.78, 5) is 19.1. The number of piperazine rings is 1. The van der Waals surface area contributed by atoms with Crippen LogP contribution in [0, 0.1) is 10.1 Å². The van der Waals surface area contributed by atoms with Crippen molar-refractivity contribution in [3.63, 3.8) is 0 Å². The van der Waals surface area contributed by atoms with Crippen LogP contribution in [0.2, 0.25) is 0 Å². The van der Waals surface area contributed by atoms with Gasteiger partial charge in [0.15, 0.2) is 5.96 Å². The van der Waals surface area contributed by atoms with Gasteiger partial charge in [0.05, 0.1) is 10.6 Å². The first-order chi connectivity index (χ1) is 13.1. The second-order valence-electron chi connectivity index (χ2n) is 6.29. The van der Waals surface area contributed by atoms with E-state index >= 15 is 0 Å². The Bertz CT molecular complexity index is 832. The average Bonchev–Trinajstić information content (AvgIpc) is 2.69. The molecule has 1 heterocycles. The monoisotopic (exact) mass is 369 g/mol. The van der Waals surface area contributed by atoms with Gasteiger partial charge >= 0.3 is 0 Å². The third-order valence-electron chi connectivity index (χ3n) is 4.59. The lowest BCUT2D eigenvalue weighted by Gasteiger charge is -2.37. The molecule has 2 N–H and O–H groups in total. The quantitative estimate of drug-likeness (QED) is 0.371. The van der Waals surface area contributed by atoms with Gasteiger partial charge in [0, 0.05) is 51.9 Å². The van der Waals surface area contributed by atoms with Crippen LogP contribution < -0.4 is 10.2 Å². The fourth-order valence-corrected chi connectivity index (χ4v) is 3.18. The molecule has 1 fully saturated rings. The summed E-state index contributed by atoms with van der Waals surface area (Å²) in [5.74, 6) is 1.05. The summed E-state index contributed by atoms with van der Waals surface area (Å²) >= 11 is 0. The zero-order valence-corrected chi connectivity index (χ0v) is 15.2. The Morgan fingerprint density at radius 2 is 1.93 bits per heavy atom. The van der Waals surface area contributed by atoms with Gasteiger partial charge in [-0.25, -0.2) is 0 Å². The van der Waals surface area contributed by atoms with Crippen LogP contribution in [-0.4, -0.2) is 54.1 Å². The lowest BCUT2D eigenvalue weighted by Crippen LogP contribution is -2.52. The molecule has 27 heavy (non-hydrogen) atoms. The van der Waals surface area contributed by atoms with E-state index in [9.17, 15) is 15.2 Å². The number of anilines is 1. The van der Waals surface area contributed by atoms with Gasteiger partial charge in [0.1, 0.15) is 5.75 Å². The highest BCUT2D eigenvalue weighted by molar-refractivity contribution is 5.80. The number of guanidine groups is 1. The highest BCUT2D eigenvalue weighted by Crippen LogP contribution is 2.27. The van der Waals surface area contributed by atoms with Crippen LogP contribution >= 0.6 is 0 Å². The molecule has 8 heteroatoms. The summed E-state index contributed by atoms with van der Waals surface area (Å²) in [6.07, 6.45) is 0. The molecule has 1 aliphatic heterocycles. The number of rotatable bonds is 4. The van der Waals surface area contributed by atoms with Crippen LogP contribution in [0.4, 0.5) is 11.4 Å². The van der Waals surface area contributed by atoms with E-state index in [1.165, 1.54) is 6.07 Å². The van der Waals surface area contributed by atoms with E-state index in [2.05, 4.69) is 20.1 Å². The van der Waals surface area contributed by atoms with Crippen molar-refractivity contribution in [1.82, 2.24) is 10.2 Å². The number of nitrogens with one attached hydrogen (secondary N) is 1. The number of benzene rings is 2. The maximum atomic E-state index is 10.9. The van der Waals surface area contributed by atoms with Crippen LogP contribution in [0.1, 0.15) is 5.56 Å². The minimum atomic E-state index is -0.392. The summed E-state index contributed by atoms with van der Waals surface area (Å²) < 4.78 is 0. The fraction of sp³-hybridized carbons (Fsp3) is 0.316. The van der Waals surface area contributed by atoms with Crippen molar-refractivity contribution in [3.8, 4) is 5.75 Å². The maximum Gasteiger partial charge on any atom is 0.269 e. The normalized spacial score (nSPS) is 14.9. The summed E-state index contributed by atoms with van der Waals surface area (Å²) in [6, 6.07) is 13.9. The topological polar surface area (TPSA) is 94.2 Å². The van der Waals surface area contributed by atoms with E-state index in [0.29, 0.717) is 12.3 Å². The molecule has 0 bridgehead atoms. The van der Waals surface area contributed by atoms with E-state index in [-0.39, 0.29) is 5.69 Å². The van der Waals surface area contributed by atoms with Gasteiger partial charge in [-0.3, -0.25) is 15.1 Å². The number of para-hydroxylation sites is 2. The molecule has 2 aromatic carbocycles. The van der Waals surface area contributed by atoms with Crippen LogP contribution in [-0.2, 0) is 6.54 Å². The summed E-state index contributed by atoms with van der Waals surface area (Å²) in [6.45, 7) is 3.55. The molecule has 0 aliphatic carbocycles. The molecule has 2 aromatic rings. The molecule has 1 aliphatic rings. The third kappa shape index (κ3) is 4.46. The number of nitro groups is 1. The summed E-state index contributed by atoms with van der Waals surface area (Å²) in [5, 5.41) is 24.2. The third-order valence-corrected chi connectivity index (χ3v) is 4.59. The van der Waals surface area contributed by atoms with E-state index < -0.39 is 4.92 Å². The van der Waals surface area contributed by atoms with E-state index in [1.54, 1.807) is 25.2 Å². The zero-order chi connectivity index (χ0) is 19.2. The number of phenols is 1. The number of nitrogens with zero attached hydrogens (tertiary/aromatic N) is 4. The molecular weight excluding hydrogens is 346 g/mol. The van der Waals surface area contributed by atoms with Gasteiger partial charge in [0.25, 0.3) is 5.69 Å². The highest BCUT2D eigenvalue weighted by Gasteiger charge is 2.21. The fourth-order valence-electron chi connectivity index (χ4n) is 3.18. The molecule has 8 nitrogen and oxygen atoms in total. The van der Waals surface area contributed by atoms with E-state index in [1.807, 2.05) is 24.3 Å². The Morgan fingerprint density at radius 1 is 1.19 bits per heavy atom. The Hall–Kier alpha value is -3.29. The van der Waals surface area contributed by atoms with E-state index in [4.69, 9.17) is 0 Å². The molecule has 3 rings (SSSR count). The molecule has 0 amide bonds. The van der Waals surface area contributed by atoms with Crippen LogP contribution in [0.15, 0.2) is 53.5 Å². The van der Waals surface area contributed by atoms with Gasteiger partial charge in [-0.1, -0.05) is 24.3 Å². The molecule has 1 saturated heterocycles. The predicted molar refractivity (Wildman–Crippen MR) is 105 cm³/mol. The van der Waals surface area contributed by atoms with Crippen molar-refractivity contribution in [2.75, 3.05) is 38.1 Å². The molecular formula is C19H23N5O3. The second-order valence-corrected chi connectivity index (χ2v) is 6.29. The molecule has 0 aromatic heterocycles. The van der Waals surface area contributed by atoms with Crippen molar-refractivity contribution in [1.29, 1.82) is 0 Å². The predicted octanol–water partition coefficient (Wildman–Crippen LogP) is 2.20. The van der Waals surface area contributed by atoms with Gasteiger partial charge in [-0.2, -0.15) is 0 Å². The van der Waals surface area contributed by atoms with Crippen molar-refractivity contribution < 1.29 is 10.0 Å². The summed E-state index contributed by atoms with van der Waals surface area (Å²) in [5.41, 5.74) is 1.76. The first-order valence-electron chi connectivity index (χ1n) is 8.80. The van der Waals surface area contributed by atoms with Crippen LogP contribution in [0.5, 0.6) is 5.75 Å². The SMILES string of the molecule is CN=C(NCc1cccc([N+](=O)[O-])c1)N1CCN(c2ccccc2O)CC1. The Balaban J connectivity index is 1.57. The smallest absolute Gasteiger partial charge is 0.269 e. The molecule has 0 radical (unpaired) electrons. The maximum absolute atomic E-state index is 10.9. The first-order valence-corrected chi connectivity index (χ1v) is 8.80. The number of nitro benzene ring substituents is 1. The number of aromatic hydroxyl groups is 1. The number of non-ortho nitro benzene ring substituents is 1. The Labute approximate surface area is 157 Å². The lowest BCUT2D eigenvalue weighted by atomic mass is 10.2. The number of hydrogen-bond acceptors (Lipinski definition) is 5. The largest absolute Gasteiger partial charge is 0.506 e. The van der Waals surface area contributed by atoms with Crippen LogP contribution in [0.3, 0.4) is 0 Å². The van der Waals surface area contributed by atoms with Crippen molar-refractivity contribution in [2.24, 2.45) is 4.99 Å². The van der Waals surface area contributed by atoms with Gasteiger partial charge in [0.2, 0.25) is 0 Å². The minimum absolute atomic E-state index is 0.0839. The zero-order valence-electron chi connectivity index (χ0n) is 15.2. The number of aliphatic imine (C=N–C) groups is 1. The summed E-state index contributed by atoms with van der Waals surface area (Å²) in [7, 11) is 1.73. The molecule has 142 valence electrons. The molecule has 0 atom stereocenters. The van der Waals surface area contributed by atoms with E-state index in [0.717, 1.165) is 43.4 Å². The van der Waals surface area contributed by atoms with Gasteiger partial charge in [-0.05, 0) is 17.7 Å². The Kier molecular flexibility index (Phi) is 5.75. The molecule has 0 spiro atoms. The van der Waals surface area contributed by atoms with Crippen LogP contribution in [0.25, 0.3) is 0 Å². The standard InChI is InChI=1S/C19H23N5O3/c1-20-19(21-14-15-5-4-6-16(13-15)24(26)27)23-11-9-22(10-12-23)17-7-2-3-8-18(17)25/h2-8,13,25H,9-12,14H2,1H3,(H,20,21). The van der Waals surface area contributed by atoms with Gasteiger partial charge < -0.3 is 20.2 Å².